The van der Waals surface area contributed by atoms with Crippen LogP contribution in [0.2, 0.25) is 0 Å². The number of hydrogen-bond acceptors (Lipinski definition) is 1. The van der Waals surface area contributed by atoms with Gasteiger partial charge in [0.05, 0.1) is 13.2 Å². The molecule has 1 rings (SSSR count). The fourth-order valence-electron chi connectivity index (χ4n) is 0.679. The van der Waals surface area contributed by atoms with E-state index >= 15 is 0 Å². The van der Waals surface area contributed by atoms with Crippen LogP contribution in [0.15, 0.2) is 9.15 Å². The van der Waals surface area contributed by atoms with Gasteiger partial charge in [-0.2, -0.15) is 0 Å². The van der Waals surface area contributed by atoms with Crippen LogP contribution in [0.3, 0.4) is 0 Å². The summed E-state index contributed by atoms with van der Waals surface area (Å²) in [5.41, 5.74) is 1.40. The summed E-state index contributed by atoms with van der Waals surface area (Å²) in [6.07, 6.45) is 1.12. The molecule has 2 heteroatoms. The lowest BCUT2D eigenvalue weighted by atomic mass is 10.2. The Kier molecular flexibility index (Phi) is 2.31. The first kappa shape index (κ1) is 6.55. The molecule has 0 N–H and O–H groups in total. The highest BCUT2D eigenvalue weighted by Crippen LogP contribution is 2.20. The summed E-state index contributed by atoms with van der Waals surface area (Å²) >= 11 is 2.38. The van der Waals surface area contributed by atoms with Crippen LogP contribution in [-0.2, 0) is 4.74 Å². The van der Waals surface area contributed by atoms with Crippen molar-refractivity contribution in [3.05, 3.63) is 9.15 Å². The van der Waals surface area contributed by atoms with E-state index in [2.05, 4.69) is 29.5 Å². The molecule has 0 aliphatic carbocycles. The molecule has 0 bridgehead atoms. The monoisotopic (exact) mass is 224 g/mol. The van der Waals surface area contributed by atoms with Gasteiger partial charge >= 0.3 is 0 Å². The lowest BCUT2D eigenvalue weighted by molar-refractivity contribution is 0.150. The van der Waals surface area contributed by atoms with Gasteiger partial charge in [-0.05, 0) is 38.7 Å². The predicted octanol–water partition coefficient (Wildman–Crippen LogP) is 2.12. The first-order valence-electron chi connectivity index (χ1n) is 2.72. The first-order chi connectivity index (χ1) is 3.80. The van der Waals surface area contributed by atoms with Crippen LogP contribution in [0, 0.1) is 0 Å². The van der Waals surface area contributed by atoms with Crippen LogP contribution < -0.4 is 0 Å². The zero-order valence-electron chi connectivity index (χ0n) is 4.91. The van der Waals surface area contributed by atoms with Crippen LogP contribution >= 0.6 is 22.6 Å². The SMILES string of the molecule is CC1=C(I)CCOC1. The molecule has 0 aromatic carbocycles. The minimum absolute atomic E-state index is 0.846. The zero-order valence-corrected chi connectivity index (χ0v) is 7.07. The smallest absolute Gasteiger partial charge is 0.0684 e. The Balaban J connectivity index is 2.60. The Morgan fingerprint density at radius 1 is 1.62 bits per heavy atom. The highest BCUT2D eigenvalue weighted by molar-refractivity contribution is 14.1. The topological polar surface area (TPSA) is 9.23 Å². The third-order valence-electron chi connectivity index (χ3n) is 1.25. The summed E-state index contributed by atoms with van der Waals surface area (Å²) in [6, 6.07) is 0. The molecule has 0 saturated heterocycles. The normalized spacial score (nSPS) is 21.8. The molecule has 0 aromatic rings. The number of hydrogen-bond donors (Lipinski definition) is 0. The Hall–Kier alpha value is 0.430. The van der Waals surface area contributed by atoms with Crippen molar-refractivity contribution in [2.24, 2.45) is 0 Å². The van der Waals surface area contributed by atoms with Crippen molar-refractivity contribution in [2.45, 2.75) is 13.3 Å². The molecular formula is C6H9IO. The molecule has 0 amide bonds. The van der Waals surface area contributed by atoms with Crippen molar-refractivity contribution in [2.75, 3.05) is 13.2 Å². The lowest BCUT2D eigenvalue weighted by Crippen LogP contribution is -2.05. The van der Waals surface area contributed by atoms with Crippen molar-refractivity contribution in [1.82, 2.24) is 0 Å². The van der Waals surface area contributed by atoms with E-state index in [1.165, 1.54) is 9.15 Å². The molecule has 0 fully saturated rings. The van der Waals surface area contributed by atoms with Crippen LogP contribution in [0.5, 0.6) is 0 Å². The summed E-state index contributed by atoms with van der Waals surface area (Å²) in [5, 5.41) is 0. The molecular weight excluding hydrogens is 215 g/mol. The summed E-state index contributed by atoms with van der Waals surface area (Å²) in [4.78, 5) is 0. The highest BCUT2D eigenvalue weighted by Gasteiger charge is 2.04. The Morgan fingerprint density at radius 3 is 2.75 bits per heavy atom. The van der Waals surface area contributed by atoms with Gasteiger partial charge in [-0.1, -0.05) is 0 Å². The van der Waals surface area contributed by atoms with Gasteiger partial charge in [-0.3, -0.25) is 0 Å². The van der Waals surface area contributed by atoms with Crippen molar-refractivity contribution in [1.29, 1.82) is 0 Å². The standard InChI is InChI=1S/C6H9IO/c1-5-4-8-3-2-6(5)7/h2-4H2,1H3. The summed E-state index contributed by atoms with van der Waals surface area (Å²) < 4.78 is 6.67. The molecule has 46 valence electrons. The van der Waals surface area contributed by atoms with Crippen LogP contribution in [0.1, 0.15) is 13.3 Å². The van der Waals surface area contributed by atoms with E-state index in [9.17, 15) is 0 Å². The van der Waals surface area contributed by atoms with Crippen molar-refractivity contribution in [3.8, 4) is 0 Å². The third-order valence-corrected chi connectivity index (χ3v) is 2.71. The van der Waals surface area contributed by atoms with Crippen LogP contribution in [0.4, 0.5) is 0 Å². The van der Waals surface area contributed by atoms with E-state index in [0.29, 0.717) is 0 Å². The number of ether oxygens (including phenoxy) is 1. The Labute approximate surface area is 63.2 Å². The number of halogens is 1. The minimum Gasteiger partial charge on any atom is -0.377 e. The van der Waals surface area contributed by atoms with Gasteiger partial charge in [0.25, 0.3) is 0 Å². The third kappa shape index (κ3) is 1.45. The summed E-state index contributed by atoms with van der Waals surface area (Å²) in [6.45, 7) is 3.88. The molecule has 1 aliphatic rings. The van der Waals surface area contributed by atoms with E-state index in [0.717, 1.165) is 19.6 Å². The average Bonchev–Trinajstić information content (AvgIpc) is 1.77. The van der Waals surface area contributed by atoms with Crippen molar-refractivity contribution < 1.29 is 4.74 Å². The second-order valence-electron chi connectivity index (χ2n) is 1.99. The lowest BCUT2D eigenvalue weighted by Gasteiger charge is -2.12. The highest BCUT2D eigenvalue weighted by atomic mass is 127. The molecule has 1 heterocycles. The van der Waals surface area contributed by atoms with Gasteiger partial charge in [0.1, 0.15) is 0 Å². The maximum atomic E-state index is 5.19. The summed E-state index contributed by atoms with van der Waals surface area (Å²) in [7, 11) is 0. The maximum absolute atomic E-state index is 5.19. The fourth-order valence-corrected chi connectivity index (χ4v) is 1.05. The largest absolute Gasteiger partial charge is 0.377 e. The molecule has 1 nitrogen and oxygen atoms in total. The van der Waals surface area contributed by atoms with E-state index < -0.39 is 0 Å². The fraction of sp³-hybridized carbons (Fsp3) is 0.667. The van der Waals surface area contributed by atoms with Gasteiger partial charge in [0, 0.05) is 6.42 Å². The van der Waals surface area contributed by atoms with Crippen molar-refractivity contribution in [3.63, 3.8) is 0 Å². The predicted molar refractivity (Wildman–Crippen MR) is 42.2 cm³/mol. The number of rotatable bonds is 0. The summed E-state index contributed by atoms with van der Waals surface area (Å²) in [5.74, 6) is 0. The zero-order chi connectivity index (χ0) is 5.98. The van der Waals surface area contributed by atoms with Gasteiger partial charge < -0.3 is 4.74 Å². The molecule has 0 unspecified atom stereocenters. The van der Waals surface area contributed by atoms with E-state index in [1.54, 1.807) is 0 Å². The molecule has 0 saturated carbocycles. The van der Waals surface area contributed by atoms with Crippen molar-refractivity contribution >= 4 is 22.6 Å². The Bertz CT molecular complexity index is 104. The second-order valence-corrected chi connectivity index (χ2v) is 3.29. The molecule has 0 spiro atoms. The van der Waals surface area contributed by atoms with Gasteiger partial charge in [0.15, 0.2) is 0 Å². The van der Waals surface area contributed by atoms with Crippen LogP contribution in [0.25, 0.3) is 0 Å². The van der Waals surface area contributed by atoms with E-state index in [4.69, 9.17) is 4.74 Å². The molecule has 0 aromatic heterocycles. The van der Waals surface area contributed by atoms with E-state index in [1.807, 2.05) is 0 Å². The van der Waals surface area contributed by atoms with Gasteiger partial charge in [-0.25, -0.2) is 0 Å². The van der Waals surface area contributed by atoms with Gasteiger partial charge in [0.2, 0.25) is 0 Å². The second kappa shape index (κ2) is 2.82. The van der Waals surface area contributed by atoms with Crippen LogP contribution in [-0.4, -0.2) is 13.2 Å². The molecule has 1 aliphatic heterocycles. The minimum atomic E-state index is 0.846. The maximum Gasteiger partial charge on any atom is 0.0684 e. The molecule has 0 atom stereocenters. The Morgan fingerprint density at radius 2 is 2.38 bits per heavy atom. The molecule has 0 radical (unpaired) electrons. The quantitative estimate of drug-likeness (QED) is 0.572. The molecule has 8 heavy (non-hydrogen) atoms. The first-order valence-corrected chi connectivity index (χ1v) is 3.80. The van der Waals surface area contributed by atoms with E-state index in [-0.39, 0.29) is 0 Å². The van der Waals surface area contributed by atoms with Gasteiger partial charge in [-0.15, -0.1) is 0 Å². The average molecular weight is 224 g/mol.